The van der Waals surface area contributed by atoms with E-state index in [0.717, 1.165) is 70.6 Å². The van der Waals surface area contributed by atoms with E-state index < -0.39 is 6.10 Å². The number of rotatable bonds is 42. The zero-order valence-corrected chi connectivity index (χ0v) is 35.6. The Balaban J connectivity index is 4.34. The molecule has 53 heavy (non-hydrogen) atoms. The van der Waals surface area contributed by atoms with E-state index in [1.54, 1.807) is 0 Å². The first-order valence-corrected chi connectivity index (χ1v) is 23.2. The van der Waals surface area contributed by atoms with Gasteiger partial charge in [-0.15, -0.1) is 0 Å². The van der Waals surface area contributed by atoms with E-state index in [-0.39, 0.29) is 31.1 Å². The van der Waals surface area contributed by atoms with Gasteiger partial charge in [0.2, 0.25) is 0 Å². The number of hydrogen-bond donors (Lipinski definition) is 0. The maximum atomic E-state index is 12.7. The molecule has 0 rings (SSSR count). The summed E-state index contributed by atoms with van der Waals surface area (Å²) in [4.78, 5) is 37.7. The fourth-order valence-corrected chi connectivity index (χ4v) is 6.73. The van der Waals surface area contributed by atoms with Crippen LogP contribution in [0.2, 0.25) is 0 Å². The lowest BCUT2D eigenvalue weighted by atomic mass is 10.0. The topological polar surface area (TPSA) is 78.9 Å². The van der Waals surface area contributed by atoms with E-state index >= 15 is 0 Å². The van der Waals surface area contributed by atoms with Gasteiger partial charge in [-0.05, 0) is 44.9 Å². The molecule has 0 aliphatic carbocycles. The van der Waals surface area contributed by atoms with Gasteiger partial charge in [-0.1, -0.05) is 200 Å². The van der Waals surface area contributed by atoms with Crippen LogP contribution in [-0.2, 0) is 28.6 Å². The van der Waals surface area contributed by atoms with Crippen LogP contribution in [0.3, 0.4) is 0 Å². The molecule has 0 amide bonds. The lowest BCUT2D eigenvalue weighted by Gasteiger charge is -2.18. The van der Waals surface area contributed by atoms with Crippen molar-refractivity contribution >= 4 is 17.9 Å². The Labute approximate surface area is 329 Å². The third kappa shape index (κ3) is 41.2. The summed E-state index contributed by atoms with van der Waals surface area (Å²) in [5, 5.41) is 0. The second kappa shape index (κ2) is 42.9. The maximum Gasteiger partial charge on any atom is 0.306 e. The molecule has 312 valence electrons. The van der Waals surface area contributed by atoms with E-state index in [0.29, 0.717) is 19.3 Å². The minimum Gasteiger partial charge on any atom is -0.462 e. The summed E-state index contributed by atoms with van der Waals surface area (Å²) in [6.07, 6.45) is 44.8. The minimum absolute atomic E-state index is 0.0705. The lowest BCUT2D eigenvalue weighted by Crippen LogP contribution is -2.30. The molecule has 0 aliphatic heterocycles. The summed E-state index contributed by atoms with van der Waals surface area (Å²) < 4.78 is 16.7. The summed E-state index contributed by atoms with van der Waals surface area (Å²) in [6, 6.07) is 0. The van der Waals surface area contributed by atoms with Gasteiger partial charge in [0.15, 0.2) is 6.10 Å². The molecule has 1 unspecified atom stereocenters. The third-order valence-electron chi connectivity index (χ3n) is 10.3. The Morgan fingerprint density at radius 2 is 0.623 bits per heavy atom. The molecular formula is C47H88O6. The second-order valence-electron chi connectivity index (χ2n) is 15.7. The molecule has 0 bridgehead atoms. The molecule has 0 spiro atoms. The highest BCUT2D eigenvalue weighted by Gasteiger charge is 2.19. The molecule has 0 aromatic heterocycles. The van der Waals surface area contributed by atoms with Crippen molar-refractivity contribution in [1.29, 1.82) is 0 Å². The van der Waals surface area contributed by atoms with Gasteiger partial charge in [-0.3, -0.25) is 14.4 Å². The highest BCUT2D eigenvalue weighted by molar-refractivity contribution is 5.71. The van der Waals surface area contributed by atoms with Crippen molar-refractivity contribution in [3.63, 3.8) is 0 Å². The predicted octanol–water partition coefficient (Wildman–Crippen LogP) is 14.6. The second-order valence-corrected chi connectivity index (χ2v) is 15.7. The average molecular weight is 749 g/mol. The maximum absolute atomic E-state index is 12.7. The van der Waals surface area contributed by atoms with Crippen LogP contribution >= 0.6 is 0 Å². The molecule has 0 heterocycles. The molecule has 0 aromatic carbocycles. The lowest BCUT2D eigenvalue weighted by molar-refractivity contribution is -0.167. The molecule has 0 fully saturated rings. The SMILES string of the molecule is CCCCCCCC/C=C\CCCCCC(=O)OCC(COC(=O)CCCCCCCCCCC)OC(=O)CCCCCCCCCCCCCCC. The van der Waals surface area contributed by atoms with Crippen molar-refractivity contribution in [1.82, 2.24) is 0 Å². The van der Waals surface area contributed by atoms with Gasteiger partial charge >= 0.3 is 17.9 Å². The van der Waals surface area contributed by atoms with Crippen molar-refractivity contribution in [3.8, 4) is 0 Å². The largest absolute Gasteiger partial charge is 0.462 e. The van der Waals surface area contributed by atoms with Crippen molar-refractivity contribution in [2.24, 2.45) is 0 Å². The fourth-order valence-electron chi connectivity index (χ4n) is 6.73. The normalized spacial score (nSPS) is 12.0. The van der Waals surface area contributed by atoms with E-state index in [4.69, 9.17) is 14.2 Å². The fraction of sp³-hybridized carbons (Fsp3) is 0.894. The first-order chi connectivity index (χ1) is 26.0. The summed E-state index contributed by atoms with van der Waals surface area (Å²) >= 11 is 0. The zero-order chi connectivity index (χ0) is 38.7. The van der Waals surface area contributed by atoms with E-state index in [1.807, 2.05) is 0 Å². The van der Waals surface area contributed by atoms with Crippen LogP contribution in [0.15, 0.2) is 12.2 Å². The molecule has 0 saturated heterocycles. The van der Waals surface area contributed by atoms with Gasteiger partial charge in [0.1, 0.15) is 13.2 Å². The standard InChI is InChI=1S/C47H88O6/c1-4-7-10-13-16-19-21-23-25-28-31-34-37-40-46(49)52-43-44(42-51-45(48)39-36-33-30-27-18-15-12-9-6-3)53-47(50)41-38-35-32-29-26-24-22-20-17-14-11-8-5-2/h23,25,44H,4-22,24,26-43H2,1-3H3/b25-23-. The number of hydrogen-bond acceptors (Lipinski definition) is 6. The number of ether oxygens (including phenoxy) is 3. The number of unbranched alkanes of at least 4 members (excludes halogenated alkanes) is 29. The van der Waals surface area contributed by atoms with Crippen LogP contribution in [-0.4, -0.2) is 37.2 Å². The highest BCUT2D eigenvalue weighted by Crippen LogP contribution is 2.15. The number of allylic oxidation sites excluding steroid dienone is 2. The van der Waals surface area contributed by atoms with E-state index in [1.165, 1.54) is 141 Å². The Kier molecular flexibility index (Phi) is 41.4. The Morgan fingerprint density at radius 1 is 0.358 bits per heavy atom. The summed E-state index contributed by atoms with van der Waals surface area (Å²) in [7, 11) is 0. The van der Waals surface area contributed by atoms with Gasteiger partial charge in [0.25, 0.3) is 0 Å². The third-order valence-corrected chi connectivity index (χ3v) is 10.3. The molecule has 1 atom stereocenters. The first kappa shape index (κ1) is 51.1. The Morgan fingerprint density at radius 3 is 0.962 bits per heavy atom. The van der Waals surface area contributed by atoms with Gasteiger partial charge in [0, 0.05) is 19.3 Å². The van der Waals surface area contributed by atoms with Crippen molar-refractivity contribution in [2.75, 3.05) is 13.2 Å². The highest BCUT2D eigenvalue weighted by atomic mass is 16.6. The minimum atomic E-state index is -0.766. The zero-order valence-electron chi connectivity index (χ0n) is 35.6. The molecule has 6 nitrogen and oxygen atoms in total. The van der Waals surface area contributed by atoms with Crippen LogP contribution in [0.4, 0.5) is 0 Å². The molecule has 0 radical (unpaired) electrons. The number of carbonyl (C=O) groups is 3. The van der Waals surface area contributed by atoms with Crippen LogP contribution in [0, 0.1) is 0 Å². The van der Waals surface area contributed by atoms with Crippen LogP contribution in [0.5, 0.6) is 0 Å². The van der Waals surface area contributed by atoms with Crippen molar-refractivity contribution in [3.05, 3.63) is 12.2 Å². The predicted molar refractivity (Wildman–Crippen MR) is 224 cm³/mol. The van der Waals surface area contributed by atoms with Gasteiger partial charge in [-0.2, -0.15) is 0 Å². The van der Waals surface area contributed by atoms with Gasteiger partial charge < -0.3 is 14.2 Å². The molecular weight excluding hydrogens is 661 g/mol. The quantitative estimate of drug-likeness (QED) is 0.0268. The van der Waals surface area contributed by atoms with Gasteiger partial charge in [-0.25, -0.2) is 0 Å². The molecule has 0 saturated carbocycles. The summed E-state index contributed by atoms with van der Waals surface area (Å²) in [6.45, 7) is 6.61. The molecule has 6 heteroatoms. The van der Waals surface area contributed by atoms with E-state index in [2.05, 4.69) is 32.9 Å². The number of esters is 3. The monoisotopic (exact) mass is 749 g/mol. The van der Waals surface area contributed by atoms with Crippen LogP contribution in [0.25, 0.3) is 0 Å². The van der Waals surface area contributed by atoms with Crippen LogP contribution < -0.4 is 0 Å². The molecule has 0 aliphatic rings. The summed E-state index contributed by atoms with van der Waals surface area (Å²) in [5.74, 6) is -0.881. The smallest absolute Gasteiger partial charge is 0.306 e. The Hall–Kier alpha value is -1.85. The van der Waals surface area contributed by atoms with Crippen molar-refractivity contribution in [2.45, 2.75) is 258 Å². The first-order valence-electron chi connectivity index (χ1n) is 23.2. The van der Waals surface area contributed by atoms with Crippen molar-refractivity contribution < 1.29 is 28.6 Å². The number of carbonyl (C=O) groups excluding carboxylic acids is 3. The molecule has 0 aromatic rings. The molecule has 0 N–H and O–H groups in total. The Bertz CT molecular complexity index is 824. The summed E-state index contributed by atoms with van der Waals surface area (Å²) in [5.41, 5.74) is 0. The van der Waals surface area contributed by atoms with Gasteiger partial charge in [0.05, 0.1) is 0 Å². The van der Waals surface area contributed by atoms with E-state index in [9.17, 15) is 14.4 Å². The average Bonchev–Trinajstić information content (AvgIpc) is 3.15. The van der Waals surface area contributed by atoms with Crippen LogP contribution in [0.1, 0.15) is 252 Å².